The average molecular weight is 422 g/mol. The smallest absolute Gasteiger partial charge is 0.243 e. The number of carbonyl (C=O) groups excluding carboxylic acids is 3. The lowest BCUT2D eigenvalue weighted by atomic mass is 10.1. The van der Waals surface area contributed by atoms with Crippen molar-refractivity contribution in [1.29, 1.82) is 0 Å². The van der Waals surface area contributed by atoms with Crippen molar-refractivity contribution in [3.63, 3.8) is 0 Å². The first-order valence-electron chi connectivity index (χ1n) is 10.5. The fourth-order valence-electron chi connectivity index (χ4n) is 2.84. The topological polar surface area (TPSA) is 97.0 Å². The van der Waals surface area contributed by atoms with Crippen LogP contribution in [0, 0.1) is 0 Å². The van der Waals surface area contributed by atoms with Gasteiger partial charge in [-0.3, -0.25) is 14.4 Å². The zero-order chi connectivity index (χ0) is 22.2. The van der Waals surface area contributed by atoms with E-state index in [2.05, 4.69) is 17.6 Å². The first kappa shape index (κ1) is 25.4. The largest absolute Gasteiger partial charge is 0.497 e. The predicted octanol–water partition coefficient (Wildman–Crippen LogP) is 2.59. The number of hydrogen-bond acceptors (Lipinski definition) is 5. The molecule has 0 saturated carbocycles. The van der Waals surface area contributed by atoms with Gasteiger partial charge in [0.25, 0.3) is 0 Å². The molecule has 0 aliphatic rings. The summed E-state index contributed by atoms with van der Waals surface area (Å²) in [4.78, 5) is 38.4. The Morgan fingerprint density at radius 2 is 1.70 bits per heavy atom. The van der Waals surface area contributed by atoms with Crippen LogP contribution in [-0.4, -0.2) is 63.1 Å². The highest BCUT2D eigenvalue weighted by Gasteiger charge is 2.17. The summed E-state index contributed by atoms with van der Waals surface area (Å²) in [6.45, 7) is 2.86. The lowest BCUT2D eigenvalue weighted by Crippen LogP contribution is -2.43. The maximum Gasteiger partial charge on any atom is 0.243 e. The van der Waals surface area contributed by atoms with E-state index in [1.165, 1.54) is 0 Å². The van der Waals surface area contributed by atoms with Crippen LogP contribution in [0.2, 0.25) is 0 Å². The van der Waals surface area contributed by atoms with Crippen molar-refractivity contribution in [2.45, 2.75) is 45.4 Å². The number of amides is 3. The number of hydrogen-bond donors (Lipinski definition) is 2. The third-order valence-electron chi connectivity index (χ3n) is 4.53. The van der Waals surface area contributed by atoms with Gasteiger partial charge in [-0.15, -0.1) is 0 Å². The van der Waals surface area contributed by atoms with E-state index in [9.17, 15) is 14.4 Å². The molecule has 2 N–H and O–H groups in total. The molecule has 30 heavy (non-hydrogen) atoms. The molecule has 0 atom stereocenters. The van der Waals surface area contributed by atoms with Gasteiger partial charge in [0.05, 0.1) is 20.2 Å². The highest BCUT2D eigenvalue weighted by molar-refractivity contribution is 5.95. The van der Waals surface area contributed by atoms with E-state index in [4.69, 9.17) is 9.47 Å². The normalized spacial score (nSPS) is 10.4. The molecule has 1 rings (SSSR count). The molecule has 0 aliphatic heterocycles. The number of anilines is 1. The van der Waals surface area contributed by atoms with Crippen molar-refractivity contribution in [2.24, 2.45) is 0 Å². The standard InChI is InChI=1S/C22H35N3O5/c1-4-5-6-7-9-22(28)25(14-8-15-29-2)17-21(27)23-16-20(26)24-18-10-12-19(30-3)13-11-18/h10-13H,4-9,14-17H2,1-3H3,(H,23,27)(H,24,26). The van der Waals surface area contributed by atoms with Crippen LogP contribution in [0.5, 0.6) is 5.75 Å². The zero-order valence-electron chi connectivity index (χ0n) is 18.4. The number of ether oxygens (including phenoxy) is 2. The summed E-state index contributed by atoms with van der Waals surface area (Å²) in [6.07, 6.45) is 5.11. The van der Waals surface area contributed by atoms with Gasteiger partial charge in [-0.1, -0.05) is 26.2 Å². The van der Waals surface area contributed by atoms with Crippen molar-refractivity contribution < 1.29 is 23.9 Å². The van der Waals surface area contributed by atoms with E-state index in [0.29, 0.717) is 37.4 Å². The van der Waals surface area contributed by atoms with Crippen molar-refractivity contribution in [2.75, 3.05) is 45.8 Å². The van der Waals surface area contributed by atoms with E-state index in [1.54, 1.807) is 43.4 Å². The molecule has 3 amide bonds. The summed E-state index contributed by atoms with van der Waals surface area (Å²) in [5.74, 6) is -0.0567. The Morgan fingerprint density at radius 1 is 0.967 bits per heavy atom. The maximum absolute atomic E-state index is 12.5. The molecule has 0 heterocycles. The fraction of sp³-hybridized carbons (Fsp3) is 0.591. The summed E-state index contributed by atoms with van der Waals surface area (Å²) in [5.41, 5.74) is 0.610. The van der Waals surface area contributed by atoms with Crippen molar-refractivity contribution in [3.05, 3.63) is 24.3 Å². The molecule has 168 valence electrons. The Labute approximate surface area is 179 Å². The maximum atomic E-state index is 12.5. The second kappa shape index (κ2) is 15.3. The highest BCUT2D eigenvalue weighted by atomic mass is 16.5. The van der Waals surface area contributed by atoms with Gasteiger partial charge in [-0.25, -0.2) is 0 Å². The SMILES string of the molecule is CCCCCCC(=O)N(CCCOC)CC(=O)NCC(=O)Nc1ccc(OC)cc1. The number of carbonyl (C=O) groups is 3. The molecule has 0 bridgehead atoms. The van der Waals surface area contributed by atoms with Gasteiger partial charge < -0.3 is 25.0 Å². The van der Waals surface area contributed by atoms with E-state index in [0.717, 1.165) is 25.7 Å². The van der Waals surface area contributed by atoms with Crippen LogP contribution in [0.1, 0.15) is 45.4 Å². The Hall–Kier alpha value is -2.61. The number of nitrogens with zero attached hydrogens (tertiary/aromatic N) is 1. The third kappa shape index (κ3) is 10.8. The minimum absolute atomic E-state index is 0.0416. The van der Waals surface area contributed by atoms with Crippen LogP contribution in [0.3, 0.4) is 0 Å². The van der Waals surface area contributed by atoms with E-state index in [-0.39, 0.29) is 30.8 Å². The van der Waals surface area contributed by atoms with Gasteiger partial charge >= 0.3 is 0 Å². The Bertz CT molecular complexity index is 649. The molecule has 0 aromatic heterocycles. The summed E-state index contributed by atoms with van der Waals surface area (Å²) in [5, 5.41) is 5.28. The molecule has 0 radical (unpaired) electrons. The average Bonchev–Trinajstić information content (AvgIpc) is 2.75. The molecule has 0 spiro atoms. The lowest BCUT2D eigenvalue weighted by Gasteiger charge is -2.22. The van der Waals surface area contributed by atoms with Crippen molar-refractivity contribution >= 4 is 23.4 Å². The first-order valence-corrected chi connectivity index (χ1v) is 10.5. The van der Waals surface area contributed by atoms with Gasteiger partial charge in [-0.2, -0.15) is 0 Å². The highest BCUT2D eigenvalue weighted by Crippen LogP contribution is 2.14. The van der Waals surface area contributed by atoms with Crippen LogP contribution < -0.4 is 15.4 Å². The van der Waals surface area contributed by atoms with Crippen LogP contribution in [-0.2, 0) is 19.1 Å². The lowest BCUT2D eigenvalue weighted by molar-refractivity contribution is -0.136. The third-order valence-corrected chi connectivity index (χ3v) is 4.53. The Morgan fingerprint density at radius 3 is 2.33 bits per heavy atom. The predicted molar refractivity (Wildman–Crippen MR) is 116 cm³/mol. The van der Waals surface area contributed by atoms with Gasteiger partial charge in [0.1, 0.15) is 5.75 Å². The fourth-order valence-corrected chi connectivity index (χ4v) is 2.84. The second-order valence-corrected chi connectivity index (χ2v) is 7.03. The van der Waals surface area contributed by atoms with Gasteiger partial charge in [0, 0.05) is 32.4 Å². The van der Waals surface area contributed by atoms with E-state index >= 15 is 0 Å². The van der Waals surface area contributed by atoms with Gasteiger partial charge in [-0.05, 0) is 37.1 Å². The first-order chi connectivity index (χ1) is 14.5. The van der Waals surface area contributed by atoms with Crippen molar-refractivity contribution in [3.8, 4) is 5.75 Å². The quantitative estimate of drug-likeness (QED) is 0.424. The summed E-state index contributed by atoms with van der Waals surface area (Å²) < 4.78 is 10.1. The molecule has 0 saturated heterocycles. The molecule has 8 nitrogen and oxygen atoms in total. The minimum atomic E-state index is -0.362. The summed E-state index contributed by atoms with van der Waals surface area (Å²) >= 11 is 0. The molecule has 8 heteroatoms. The van der Waals surface area contributed by atoms with Gasteiger partial charge in [0.15, 0.2) is 0 Å². The van der Waals surface area contributed by atoms with Crippen LogP contribution in [0.25, 0.3) is 0 Å². The van der Waals surface area contributed by atoms with Crippen LogP contribution in [0.15, 0.2) is 24.3 Å². The van der Waals surface area contributed by atoms with Gasteiger partial charge in [0.2, 0.25) is 17.7 Å². The molecular weight excluding hydrogens is 386 g/mol. The summed E-state index contributed by atoms with van der Waals surface area (Å²) in [6, 6.07) is 6.90. The number of rotatable bonds is 15. The number of methoxy groups -OCH3 is 2. The summed E-state index contributed by atoms with van der Waals surface area (Å²) in [7, 11) is 3.17. The molecule has 1 aromatic carbocycles. The molecule has 1 aromatic rings. The Balaban J connectivity index is 2.45. The molecular formula is C22H35N3O5. The Kier molecular flexibility index (Phi) is 12.9. The number of benzene rings is 1. The van der Waals surface area contributed by atoms with E-state index < -0.39 is 0 Å². The second-order valence-electron chi connectivity index (χ2n) is 7.03. The number of nitrogens with one attached hydrogen (secondary N) is 2. The molecule has 0 fully saturated rings. The molecule has 0 aliphatic carbocycles. The zero-order valence-corrected chi connectivity index (χ0v) is 18.4. The molecule has 0 unspecified atom stereocenters. The van der Waals surface area contributed by atoms with Crippen LogP contribution in [0.4, 0.5) is 5.69 Å². The van der Waals surface area contributed by atoms with E-state index in [1.807, 2.05) is 0 Å². The van der Waals surface area contributed by atoms with Crippen molar-refractivity contribution in [1.82, 2.24) is 10.2 Å². The van der Waals surface area contributed by atoms with Crippen LogP contribution >= 0.6 is 0 Å². The monoisotopic (exact) mass is 421 g/mol. The minimum Gasteiger partial charge on any atom is -0.497 e. The number of unbranched alkanes of at least 4 members (excludes halogenated alkanes) is 3.